The lowest BCUT2D eigenvalue weighted by atomic mass is 10.1. The fourth-order valence-electron chi connectivity index (χ4n) is 3.71. The molecule has 6 heteroatoms. The van der Waals surface area contributed by atoms with Crippen molar-refractivity contribution in [3.8, 4) is 28.3 Å². The second-order valence-corrected chi connectivity index (χ2v) is 7.77. The molecule has 0 amide bonds. The highest BCUT2D eigenvalue weighted by molar-refractivity contribution is 5.80. The molecule has 5 aromatic rings. The summed E-state index contributed by atoms with van der Waals surface area (Å²) in [6.45, 7) is 2.21. The predicted octanol–water partition coefficient (Wildman–Crippen LogP) is 5.39. The molecule has 2 heterocycles. The van der Waals surface area contributed by atoms with Gasteiger partial charge in [-0.2, -0.15) is 0 Å². The largest absolute Gasteiger partial charge is 0.489 e. The normalized spacial score (nSPS) is 10.9. The number of nitrogens with zero attached hydrogens (tertiary/aromatic N) is 2. The van der Waals surface area contributed by atoms with Crippen LogP contribution in [-0.4, -0.2) is 9.97 Å². The van der Waals surface area contributed by atoms with Gasteiger partial charge >= 0.3 is 5.63 Å². The Hall–Kier alpha value is -4.45. The van der Waals surface area contributed by atoms with Gasteiger partial charge in [-0.25, -0.2) is 14.8 Å². The SMILES string of the molecule is Cc1ccc2c(COc3ccc(-c4cc(-c5ccccc5)nc(N)n4)cc3)cc(=O)oc2c1. The van der Waals surface area contributed by atoms with E-state index in [1.807, 2.05) is 85.8 Å². The first-order valence-electron chi connectivity index (χ1n) is 10.5. The second kappa shape index (κ2) is 8.59. The van der Waals surface area contributed by atoms with Crippen LogP contribution in [0.4, 0.5) is 5.95 Å². The summed E-state index contributed by atoms with van der Waals surface area (Å²) in [5.74, 6) is 0.897. The number of nitrogen functional groups attached to an aromatic ring is 1. The molecule has 0 aliphatic heterocycles. The first-order chi connectivity index (χ1) is 16.0. The molecule has 0 radical (unpaired) electrons. The van der Waals surface area contributed by atoms with Crippen LogP contribution in [0.2, 0.25) is 0 Å². The summed E-state index contributed by atoms with van der Waals surface area (Å²) in [6.07, 6.45) is 0. The number of aromatic nitrogens is 2. The molecule has 0 unspecified atom stereocenters. The number of nitrogens with two attached hydrogens (primary N) is 1. The van der Waals surface area contributed by atoms with Gasteiger partial charge in [0.2, 0.25) is 5.95 Å². The van der Waals surface area contributed by atoms with Gasteiger partial charge in [0.15, 0.2) is 0 Å². The first-order valence-corrected chi connectivity index (χ1v) is 10.5. The molecule has 2 N–H and O–H groups in total. The van der Waals surface area contributed by atoms with Crippen molar-refractivity contribution in [3.63, 3.8) is 0 Å². The van der Waals surface area contributed by atoms with Crippen LogP contribution in [0.5, 0.6) is 5.75 Å². The van der Waals surface area contributed by atoms with Crippen LogP contribution in [0.1, 0.15) is 11.1 Å². The Morgan fingerprint density at radius 2 is 1.55 bits per heavy atom. The lowest BCUT2D eigenvalue weighted by molar-refractivity contribution is 0.306. The van der Waals surface area contributed by atoms with Crippen LogP contribution >= 0.6 is 0 Å². The first kappa shape index (κ1) is 20.5. The van der Waals surface area contributed by atoms with E-state index in [9.17, 15) is 4.79 Å². The lowest BCUT2D eigenvalue weighted by Gasteiger charge is -2.10. The second-order valence-electron chi connectivity index (χ2n) is 7.77. The molecule has 0 aliphatic rings. The van der Waals surface area contributed by atoms with Crippen molar-refractivity contribution >= 4 is 16.9 Å². The number of benzene rings is 3. The Bertz CT molecular complexity index is 1490. The van der Waals surface area contributed by atoms with Gasteiger partial charge in [0.1, 0.15) is 17.9 Å². The average Bonchev–Trinajstić information content (AvgIpc) is 2.82. The molecule has 2 aromatic heterocycles. The maximum atomic E-state index is 11.9. The number of hydrogen-bond acceptors (Lipinski definition) is 6. The van der Waals surface area contributed by atoms with E-state index in [2.05, 4.69) is 9.97 Å². The Kier molecular flexibility index (Phi) is 5.32. The number of fused-ring (bicyclic) bond motifs is 1. The number of hydrogen-bond donors (Lipinski definition) is 1. The monoisotopic (exact) mass is 435 g/mol. The molecule has 0 saturated heterocycles. The van der Waals surface area contributed by atoms with Gasteiger partial charge < -0.3 is 14.9 Å². The molecule has 0 bridgehead atoms. The van der Waals surface area contributed by atoms with Crippen LogP contribution in [-0.2, 0) is 6.61 Å². The topological polar surface area (TPSA) is 91.2 Å². The zero-order valence-corrected chi connectivity index (χ0v) is 18.0. The van der Waals surface area contributed by atoms with E-state index >= 15 is 0 Å². The van der Waals surface area contributed by atoms with Crippen LogP contribution in [0.15, 0.2) is 94.1 Å². The van der Waals surface area contributed by atoms with Crippen LogP contribution < -0.4 is 16.1 Å². The standard InChI is InChI=1S/C27H21N3O3/c1-17-7-12-22-20(14-26(31)33-25(22)13-17)16-32-21-10-8-19(9-11-21)24-15-23(29-27(28)30-24)18-5-3-2-4-6-18/h2-15H,16H2,1H3,(H2,28,29,30). The van der Waals surface area contributed by atoms with Crippen molar-refractivity contribution in [1.29, 1.82) is 0 Å². The Morgan fingerprint density at radius 1 is 0.848 bits per heavy atom. The van der Waals surface area contributed by atoms with E-state index in [0.29, 0.717) is 11.3 Å². The molecule has 3 aromatic carbocycles. The minimum atomic E-state index is -0.391. The number of ether oxygens (including phenoxy) is 1. The summed E-state index contributed by atoms with van der Waals surface area (Å²) in [5.41, 5.74) is 11.3. The highest BCUT2D eigenvalue weighted by atomic mass is 16.5. The smallest absolute Gasteiger partial charge is 0.336 e. The zero-order valence-electron chi connectivity index (χ0n) is 18.0. The maximum absolute atomic E-state index is 11.9. The summed E-state index contributed by atoms with van der Waals surface area (Å²) in [5, 5.41) is 0.863. The predicted molar refractivity (Wildman–Crippen MR) is 129 cm³/mol. The summed E-state index contributed by atoms with van der Waals surface area (Å²) >= 11 is 0. The minimum Gasteiger partial charge on any atom is -0.489 e. The van der Waals surface area contributed by atoms with Crippen LogP contribution in [0, 0.1) is 6.92 Å². The molecule has 0 fully saturated rings. The molecule has 162 valence electrons. The minimum absolute atomic E-state index is 0.219. The number of aryl methyl sites for hydroxylation is 1. The third-order valence-electron chi connectivity index (χ3n) is 5.34. The Morgan fingerprint density at radius 3 is 2.27 bits per heavy atom. The number of rotatable bonds is 5. The van der Waals surface area contributed by atoms with Crippen molar-refractivity contribution in [1.82, 2.24) is 9.97 Å². The fraction of sp³-hybridized carbons (Fsp3) is 0.0741. The zero-order chi connectivity index (χ0) is 22.8. The van der Waals surface area contributed by atoms with Crippen molar-refractivity contribution in [2.24, 2.45) is 0 Å². The van der Waals surface area contributed by atoms with E-state index < -0.39 is 5.63 Å². The highest BCUT2D eigenvalue weighted by Crippen LogP contribution is 2.27. The van der Waals surface area contributed by atoms with Crippen LogP contribution in [0.25, 0.3) is 33.5 Å². The third-order valence-corrected chi connectivity index (χ3v) is 5.34. The Labute approximate surface area is 190 Å². The van der Waals surface area contributed by atoms with Gasteiger partial charge in [-0.1, -0.05) is 42.5 Å². The molecule has 5 rings (SSSR count). The van der Waals surface area contributed by atoms with Gasteiger partial charge in [-0.05, 0) is 48.9 Å². The Balaban J connectivity index is 1.38. The number of anilines is 1. The van der Waals surface area contributed by atoms with Gasteiger partial charge in [-0.3, -0.25) is 0 Å². The van der Waals surface area contributed by atoms with E-state index in [-0.39, 0.29) is 12.6 Å². The van der Waals surface area contributed by atoms with E-state index in [4.69, 9.17) is 14.9 Å². The van der Waals surface area contributed by atoms with E-state index in [1.165, 1.54) is 6.07 Å². The summed E-state index contributed by atoms with van der Waals surface area (Å²) in [4.78, 5) is 20.7. The lowest BCUT2D eigenvalue weighted by Crippen LogP contribution is -2.04. The van der Waals surface area contributed by atoms with Crippen LogP contribution in [0.3, 0.4) is 0 Å². The maximum Gasteiger partial charge on any atom is 0.336 e. The summed E-state index contributed by atoms with van der Waals surface area (Å²) in [6, 6.07) is 26.6. The van der Waals surface area contributed by atoms with Gasteiger partial charge in [0, 0.05) is 28.1 Å². The van der Waals surface area contributed by atoms with Gasteiger partial charge in [0.25, 0.3) is 0 Å². The molecular weight excluding hydrogens is 414 g/mol. The summed E-state index contributed by atoms with van der Waals surface area (Å²) in [7, 11) is 0. The summed E-state index contributed by atoms with van der Waals surface area (Å²) < 4.78 is 11.3. The molecule has 6 nitrogen and oxygen atoms in total. The highest BCUT2D eigenvalue weighted by Gasteiger charge is 2.09. The van der Waals surface area contributed by atoms with Crippen molar-refractivity contribution in [3.05, 3.63) is 106 Å². The third kappa shape index (κ3) is 4.45. The molecule has 0 atom stereocenters. The van der Waals surface area contributed by atoms with E-state index in [0.717, 1.165) is 39.0 Å². The van der Waals surface area contributed by atoms with E-state index in [1.54, 1.807) is 0 Å². The van der Waals surface area contributed by atoms with Gasteiger partial charge in [0.05, 0.1) is 11.4 Å². The molecule has 0 saturated carbocycles. The average molecular weight is 435 g/mol. The molecule has 0 aliphatic carbocycles. The van der Waals surface area contributed by atoms with Crippen molar-refractivity contribution in [2.75, 3.05) is 5.73 Å². The molecular formula is C27H21N3O3. The molecule has 33 heavy (non-hydrogen) atoms. The van der Waals surface area contributed by atoms with Crippen molar-refractivity contribution in [2.45, 2.75) is 13.5 Å². The van der Waals surface area contributed by atoms with Gasteiger partial charge in [-0.15, -0.1) is 0 Å². The van der Waals surface area contributed by atoms with Crippen molar-refractivity contribution < 1.29 is 9.15 Å². The fourth-order valence-corrected chi connectivity index (χ4v) is 3.71. The molecule has 0 spiro atoms. The quantitative estimate of drug-likeness (QED) is 0.372.